The molecule has 1 aromatic heterocycles. The topological polar surface area (TPSA) is 75.6 Å². The number of halogens is 2. The average Bonchev–Trinajstić information content (AvgIpc) is 3.06. The Kier molecular flexibility index (Phi) is 6.72. The van der Waals surface area contributed by atoms with Crippen molar-refractivity contribution in [2.45, 2.75) is 13.8 Å². The first-order valence-electron chi connectivity index (χ1n) is 8.66. The molecule has 1 heterocycles. The van der Waals surface area contributed by atoms with Gasteiger partial charge in [-0.3, -0.25) is 4.57 Å². The summed E-state index contributed by atoms with van der Waals surface area (Å²) in [6.45, 7) is 3.81. The zero-order valence-corrected chi connectivity index (χ0v) is 18.8. The van der Waals surface area contributed by atoms with Crippen LogP contribution in [0.4, 0.5) is 5.69 Å². The number of carboxylic acid groups (broad SMARTS) is 1. The van der Waals surface area contributed by atoms with E-state index in [1.165, 1.54) is 12.1 Å². The Morgan fingerprint density at radius 1 is 1.17 bits per heavy atom. The molecule has 1 unspecified atom stereocenters. The van der Waals surface area contributed by atoms with Gasteiger partial charge in [0.05, 0.1) is 22.6 Å². The van der Waals surface area contributed by atoms with Crippen LogP contribution in [-0.2, 0) is 9.09 Å². The standard InChI is InChI=1S/C20H18Cl2NO4PS/c1-3-27-28(26,17-9-8-14(21)10-15(17)22)23-16-11-18(29-19(16)20(24)25)13-6-4-12(2)5-7-13/h4-11H,3H2,1-2H3,(H,23,26)(H,24,25). The lowest BCUT2D eigenvalue weighted by Crippen LogP contribution is -2.16. The van der Waals surface area contributed by atoms with Crippen molar-refractivity contribution >= 4 is 59.0 Å². The van der Waals surface area contributed by atoms with Gasteiger partial charge >= 0.3 is 13.5 Å². The molecule has 152 valence electrons. The van der Waals surface area contributed by atoms with Crippen LogP contribution in [0, 0.1) is 6.92 Å². The number of nitrogens with one attached hydrogen (secondary N) is 1. The second-order valence-electron chi connectivity index (χ2n) is 6.20. The van der Waals surface area contributed by atoms with Crippen molar-refractivity contribution in [3.8, 4) is 10.4 Å². The SMILES string of the molecule is CCOP(=O)(Nc1cc(-c2ccc(C)cc2)sc1C(=O)O)c1ccc(Cl)cc1Cl. The Bertz CT molecular complexity index is 1100. The Morgan fingerprint density at radius 3 is 2.45 bits per heavy atom. The van der Waals surface area contributed by atoms with Crippen LogP contribution in [0.3, 0.4) is 0 Å². The molecule has 0 radical (unpaired) electrons. The predicted molar refractivity (Wildman–Crippen MR) is 120 cm³/mol. The first kappa shape index (κ1) is 21.9. The highest BCUT2D eigenvalue weighted by Gasteiger charge is 2.31. The van der Waals surface area contributed by atoms with Crippen molar-refractivity contribution in [1.82, 2.24) is 0 Å². The fourth-order valence-electron chi connectivity index (χ4n) is 2.72. The molecule has 1 atom stereocenters. The molecule has 0 aliphatic rings. The van der Waals surface area contributed by atoms with Gasteiger partial charge in [0.15, 0.2) is 0 Å². The number of anilines is 1. The van der Waals surface area contributed by atoms with Gasteiger partial charge in [-0.25, -0.2) is 4.79 Å². The molecule has 2 N–H and O–H groups in total. The number of hydrogen-bond donors (Lipinski definition) is 2. The van der Waals surface area contributed by atoms with Crippen molar-refractivity contribution in [2.75, 3.05) is 11.7 Å². The van der Waals surface area contributed by atoms with E-state index in [1.54, 1.807) is 19.1 Å². The second-order valence-corrected chi connectivity index (χ2v) is 10.2. The summed E-state index contributed by atoms with van der Waals surface area (Å²) < 4.78 is 19.2. The molecule has 2 aromatic carbocycles. The number of rotatable bonds is 7. The second kappa shape index (κ2) is 8.90. The molecular weight excluding hydrogens is 452 g/mol. The lowest BCUT2D eigenvalue weighted by Gasteiger charge is -2.21. The van der Waals surface area contributed by atoms with E-state index in [0.717, 1.165) is 27.3 Å². The van der Waals surface area contributed by atoms with E-state index >= 15 is 0 Å². The minimum absolute atomic E-state index is 0.0330. The molecule has 3 rings (SSSR count). The van der Waals surface area contributed by atoms with E-state index in [-0.39, 0.29) is 27.5 Å². The van der Waals surface area contributed by atoms with Crippen molar-refractivity contribution in [3.63, 3.8) is 0 Å². The Hall–Kier alpha value is -1.82. The van der Waals surface area contributed by atoms with Crippen LogP contribution in [0.5, 0.6) is 0 Å². The first-order chi connectivity index (χ1) is 13.7. The van der Waals surface area contributed by atoms with E-state index < -0.39 is 13.5 Å². The van der Waals surface area contributed by atoms with E-state index in [0.29, 0.717) is 5.02 Å². The third-order valence-corrected chi connectivity index (χ3v) is 8.10. The molecule has 0 aliphatic carbocycles. The van der Waals surface area contributed by atoms with Gasteiger partial charge in [0.25, 0.3) is 0 Å². The summed E-state index contributed by atoms with van der Waals surface area (Å²) in [4.78, 5) is 12.6. The highest BCUT2D eigenvalue weighted by molar-refractivity contribution is 7.68. The highest BCUT2D eigenvalue weighted by Crippen LogP contribution is 2.50. The molecule has 0 saturated heterocycles. The van der Waals surface area contributed by atoms with Crippen LogP contribution in [0.25, 0.3) is 10.4 Å². The lowest BCUT2D eigenvalue weighted by molar-refractivity contribution is 0.0703. The van der Waals surface area contributed by atoms with Crippen LogP contribution in [-0.4, -0.2) is 17.7 Å². The Balaban J connectivity index is 2.06. The van der Waals surface area contributed by atoms with Crippen LogP contribution in [0.15, 0.2) is 48.5 Å². The summed E-state index contributed by atoms with van der Waals surface area (Å²) in [6.07, 6.45) is 0. The van der Waals surface area contributed by atoms with E-state index in [2.05, 4.69) is 5.09 Å². The van der Waals surface area contributed by atoms with Crippen molar-refractivity contribution in [3.05, 3.63) is 69.0 Å². The maximum absolute atomic E-state index is 13.6. The highest BCUT2D eigenvalue weighted by atomic mass is 35.5. The van der Waals surface area contributed by atoms with Gasteiger partial charge in [0.2, 0.25) is 0 Å². The third-order valence-electron chi connectivity index (χ3n) is 4.07. The summed E-state index contributed by atoms with van der Waals surface area (Å²) in [5, 5.41) is 13.3. The molecular formula is C20H18Cl2NO4PS. The van der Waals surface area contributed by atoms with E-state index in [9.17, 15) is 14.5 Å². The molecule has 29 heavy (non-hydrogen) atoms. The Labute approximate surface area is 182 Å². The summed E-state index contributed by atoms with van der Waals surface area (Å²) in [5.74, 6) is -1.12. The van der Waals surface area contributed by atoms with Gasteiger partial charge in [-0.2, -0.15) is 0 Å². The number of benzene rings is 2. The van der Waals surface area contributed by atoms with Gasteiger partial charge < -0.3 is 14.7 Å². The fourth-order valence-corrected chi connectivity index (χ4v) is 6.29. The summed E-state index contributed by atoms with van der Waals surface area (Å²) in [6, 6.07) is 13.9. The maximum Gasteiger partial charge on any atom is 0.348 e. The molecule has 9 heteroatoms. The average molecular weight is 470 g/mol. The molecule has 0 fully saturated rings. The largest absolute Gasteiger partial charge is 0.477 e. The third kappa shape index (κ3) is 4.85. The van der Waals surface area contributed by atoms with Crippen molar-refractivity contribution < 1.29 is 19.0 Å². The fraction of sp³-hybridized carbons (Fsp3) is 0.150. The maximum atomic E-state index is 13.6. The smallest absolute Gasteiger partial charge is 0.348 e. The predicted octanol–water partition coefficient (Wildman–Crippen LogP) is 6.70. The van der Waals surface area contributed by atoms with Gasteiger partial charge in [0, 0.05) is 9.90 Å². The van der Waals surface area contributed by atoms with Crippen LogP contribution >= 0.6 is 42.1 Å². The number of thiophene rings is 1. The summed E-state index contributed by atoms with van der Waals surface area (Å²) >= 11 is 13.3. The van der Waals surface area contributed by atoms with Crippen LogP contribution in [0.1, 0.15) is 22.2 Å². The molecule has 5 nitrogen and oxygen atoms in total. The number of carboxylic acids is 1. The quantitative estimate of drug-likeness (QED) is 0.376. The minimum Gasteiger partial charge on any atom is -0.477 e. The minimum atomic E-state index is -3.70. The molecule has 0 bridgehead atoms. The molecule has 0 spiro atoms. The van der Waals surface area contributed by atoms with E-state index in [4.69, 9.17) is 27.7 Å². The van der Waals surface area contributed by atoms with Gasteiger partial charge in [-0.05, 0) is 43.7 Å². The van der Waals surface area contributed by atoms with Gasteiger partial charge in [0.1, 0.15) is 4.88 Å². The number of aromatic carboxylic acids is 1. The zero-order chi connectivity index (χ0) is 21.2. The Morgan fingerprint density at radius 2 is 1.86 bits per heavy atom. The number of aryl methyl sites for hydroxylation is 1. The van der Waals surface area contributed by atoms with Gasteiger partial charge in [-0.1, -0.05) is 53.0 Å². The molecule has 0 amide bonds. The van der Waals surface area contributed by atoms with Crippen molar-refractivity contribution in [1.29, 1.82) is 0 Å². The lowest BCUT2D eigenvalue weighted by atomic mass is 10.1. The first-order valence-corrected chi connectivity index (χ1v) is 11.9. The summed E-state index contributed by atoms with van der Waals surface area (Å²) in [5.41, 5.74) is 2.17. The molecule has 0 saturated carbocycles. The van der Waals surface area contributed by atoms with Crippen molar-refractivity contribution in [2.24, 2.45) is 0 Å². The molecule has 3 aromatic rings. The monoisotopic (exact) mass is 469 g/mol. The van der Waals surface area contributed by atoms with Crippen LogP contribution in [0.2, 0.25) is 10.0 Å². The number of hydrogen-bond acceptors (Lipinski definition) is 4. The number of carbonyl (C=O) groups is 1. The van der Waals surface area contributed by atoms with E-state index in [1.807, 2.05) is 31.2 Å². The molecule has 0 aliphatic heterocycles. The summed E-state index contributed by atoms with van der Waals surface area (Å²) in [7, 11) is -3.70. The van der Waals surface area contributed by atoms with Crippen LogP contribution < -0.4 is 10.4 Å². The van der Waals surface area contributed by atoms with Gasteiger partial charge in [-0.15, -0.1) is 11.3 Å². The zero-order valence-electron chi connectivity index (χ0n) is 15.6. The normalized spacial score (nSPS) is 13.1.